The van der Waals surface area contributed by atoms with Gasteiger partial charge in [-0.3, -0.25) is 4.72 Å². The van der Waals surface area contributed by atoms with Crippen molar-refractivity contribution in [1.29, 1.82) is 0 Å². The second kappa shape index (κ2) is 7.16. The molecule has 0 saturated heterocycles. The summed E-state index contributed by atoms with van der Waals surface area (Å²) in [6.45, 7) is 2.27. The van der Waals surface area contributed by atoms with Crippen molar-refractivity contribution < 1.29 is 12.8 Å². The van der Waals surface area contributed by atoms with Crippen molar-refractivity contribution in [2.45, 2.75) is 18.4 Å². The third-order valence-corrected chi connectivity index (χ3v) is 5.27. The number of halogens is 1. The number of pyridine rings is 1. The Labute approximate surface area is 150 Å². The maximum Gasteiger partial charge on any atom is 0.263 e. The Balaban J connectivity index is 1.68. The summed E-state index contributed by atoms with van der Waals surface area (Å²) in [4.78, 5) is 4.26. The van der Waals surface area contributed by atoms with Gasteiger partial charge < -0.3 is 9.73 Å². The van der Waals surface area contributed by atoms with Gasteiger partial charge in [0.2, 0.25) is 0 Å². The number of aromatic nitrogens is 1. The smallest absolute Gasteiger partial charge is 0.263 e. The van der Waals surface area contributed by atoms with Crippen molar-refractivity contribution in [3.8, 4) is 0 Å². The topological polar surface area (TPSA) is 84.2 Å². The van der Waals surface area contributed by atoms with E-state index in [1.165, 1.54) is 12.1 Å². The van der Waals surface area contributed by atoms with E-state index in [0.717, 1.165) is 11.4 Å². The van der Waals surface area contributed by atoms with Crippen molar-refractivity contribution in [2.24, 2.45) is 0 Å². The number of nitrogens with zero attached hydrogens (tertiary/aromatic N) is 1. The van der Waals surface area contributed by atoms with Gasteiger partial charge in [0, 0.05) is 5.02 Å². The zero-order valence-electron chi connectivity index (χ0n) is 13.4. The lowest BCUT2D eigenvalue weighted by molar-refractivity contribution is 0.518. The zero-order valence-corrected chi connectivity index (χ0v) is 14.9. The Morgan fingerprint density at radius 2 is 2.04 bits per heavy atom. The van der Waals surface area contributed by atoms with E-state index in [0.29, 0.717) is 17.1 Å². The summed E-state index contributed by atoms with van der Waals surface area (Å²) < 4.78 is 32.5. The fourth-order valence-corrected chi connectivity index (χ4v) is 3.35. The molecule has 2 heterocycles. The van der Waals surface area contributed by atoms with Crippen LogP contribution in [0.3, 0.4) is 0 Å². The molecule has 0 saturated carbocycles. The SMILES string of the molecule is Cc1cc(S(=O)(=O)Nc2ccc(NCc3ccco3)cn2)ccc1Cl. The molecule has 0 spiro atoms. The molecular formula is C17H16ClN3O3S. The van der Waals surface area contributed by atoms with Crippen molar-refractivity contribution >= 4 is 33.1 Å². The van der Waals surface area contributed by atoms with Crippen LogP contribution < -0.4 is 10.0 Å². The van der Waals surface area contributed by atoms with Crippen LogP contribution in [0.2, 0.25) is 5.02 Å². The molecule has 2 N–H and O–H groups in total. The van der Waals surface area contributed by atoms with Gasteiger partial charge in [-0.05, 0) is 55.0 Å². The van der Waals surface area contributed by atoms with Crippen LogP contribution in [0, 0.1) is 6.92 Å². The molecule has 0 atom stereocenters. The molecule has 0 unspecified atom stereocenters. The number of aryl methyl sites for hydroxylation is 1. The monoisotopic (exact) mass is 377 g/mol. The Bertz CT molecular complexity index is 955. The van der Waals surface area contributed by atoms with E-state index < -0.39 is 10.0 Å². The largest absolute Gasteiger partial charge is 0.467 e. The predicted octanol–water partition coefficient (Wildman–Crippen LogP) is 4.05. The van der Waals surface area contributed by atoms with Gasteiger partial charge in [-0.15, -0.1) is 0 Å². The van der Waals surface area contributed by atoms with Crippen LogP contribution in [0.4, 0.5) is 11.5 Å². The van der Waals surface area contributed by atoms with E-state index in [-0.39, 0.29) is 10.7 Å². The summed E-state index contributed by atoms with van der Waals surface area (Å²) in [5, 5.41) is 3.65. The van der Waals surface area contributed by atoms with E-state index in [4.69, 9.17) is 16.0 Å². The number of furan rings is 1. The molecule has 0 amide bonds. The number of sulfonamides is 1. The minimum Gasteiger partial charge on any atom is -0.467 e. The molecule has 0 bridgehead atoms. The standard InChI is InChI=1S/C17H16ClN3O3S/c1-12-9-15(5-6-16(12)18)25(22,23)21-17-7-4-13(10-20-17)19-11-14-3-2-8-24-14/h2-10,19H,11H2,1H3,(H,20,21). The van der Waals surface area contributed by atoms with Crippen LogP contribution in [0.5, 0.6) is 0 Å². The van der Waals surface area contributed by atoms with Gasteiger partial charge in [0.1, 0.15) is 11.6 Å². The van der Waals surface area contributed by atoms with Crippen LogP contribution in [-0.4, -0.2) is 13.4 Å². The van der Waals surface area contributed by atoms with Gasteiger partial charge in [0.05, 0.1) is 29.6 Å². The summed E-state index contributed by atoms with van der Waals surface area (Å²) in [5.74, 6) is 1.03. The van der Waals surface area contributed by atoms with Crippen molar-refractivity contribution in [3.63, 3.8) is 0 Å². The van der Waals surface area contributed by atoms with Crippen molar-refractivity contribution in [2.75, 3.05) is 10.0 Å². The van der Waals surface area contributed by atoms with Crippen LogP contribution in [0.25, 0.3) is 0 Å². The van der Waals surface area contributed by atoms with Crippen LogP contribution in [0.15, 0.2) is 64.2 Å². The fraction of sp³-hybridized carbons (Fsp3) is 0.118. The lowest BCUT2D eigenvalue weighted by Gasteiger charge is -2.10. The zero-order chi connectivity index (χ0) is 17.9. The van der Waals surface area contributed by atoms with Crippen molar-refractivity contribution in [3.05, 3.63) is 71.3 Å². The maximum absolute atomic E-state index is 12.4. The molecule has 130 valence electrons. The summed E-state index contributed by atoms with van der Waals surface area (Å²) in [5.41, 5.74) is 1.44. The Morgan fingerprint density at radius 3 is 2.68 bits per heavy atom. The Morgan fingerprint density at radius 1 is 1.20 bits per heavy atom. The van der Waals surface area contributed by atoms with Crippen LogP contribution >= 0.6 is 11.6 Å². The highest BCUT2D eigenvalue weighted by molar-refractivity contribution is 7.92. The van der Waals surface area contributed by atoms with Gasteiger partial charge in [-0.25, -0.2) is 13.4 Å². The number of hydrogen-bond donors (Lipinski definition) is 2. The van der Waals surface area contributed by atoms with Gasteiger partial charge in [0.25, 0.3) is 10.0 Å². The first kappa shape index (κ1) is 17.3. The average molecular weight is 378 g/mol. The highest BCUT2D eigenvalue weighted by atomic mass is 35.5. The van der Waals surface area contributed by atoms with Gasteiger partial charge in [-0.1, -0.05) is 11.6 Å². The van der Waals surface area contributed by atoms with E-state index in [1.54, 1.807) is 37.6 Å². The van der Waals surface area contributed by atoms with Gasteiger partial charge in [0.15, 0.2) is 0 Å². The molecule has 3 aromatic rings. The summed E-state index contributed by atoms with van der Waals surface area (Å²) in [7, 11) is -3.72. The predicted molar refractivity (Wildman–Crippen MR) is 97.3 cm³/mol. The van der Waals surface area contributed by atoms with Crippen molar-refractivity contribution in [1.82, 2.24) is 4.98 Å². The molecule has 8 heteroatoms. The molecule has 0 aliphatic heterocycles. The van der Waals surface area contributed by atoms with Gasteiger partial charge >= 0.3 is 0 Å². The number of nitrogens with one attached hydrogen (secondary N) is 2. The first-order valence-electron chi connectivity index (χ1n) is 7.45. The molecule has 25 heavy (non-hydrogen) atoms. The minimum absolute atomic E-state index is 0.135. The van der Waals surface area contributed by atoms with E-state index in [9.17, 15) is 8.42 Å². The lowest BCUT2D eigenvalue weighted by Crippen LogP contribution is -2.14. The molecule has 0 fully saturated rings. The molecular weight excluding hydrogens is 362 g/mol. The maximum atomic E-state index is 12.4. The van der Waals surface area contributed by atoms with Crippen LogP contribution in [-0.2, 0) is 16.6 Å². The number of anilines is 2. The highest BCUT2D eigenvalue weighted by Crippen LogP contribution is 2.21. The first-order chi connectivity index (χ1) is 11.9. The number of benzene rings is 1. The summed E-state index contributed by atoms with van der Waals surface area (Å²) in [6.07, 6.45) is 3.15. The second-order valence-electron chi connectivity index (χ2n) is 5.38. The highest BCUT2D eigenvalue weighted by Gasteiger charge is 2.15. The van der Waals surface area contributed by atoms with E-state index in [2.05, 4.69) is 15.0 Å². The number of hydrogen-bond acceptors (Lipinski definition) is 5. The fourth-order valence-electron chi connectivity index (χ4n) is 2.14. The summed E-state index contributed by atoms with van der Waals surface area (Å²) in [6, 6.07) is 11.5. The molecule has 1 aromatic carbocycles. The third-order valence-electron chi connectivity index (χ3n) is 3.49. The Kier molecular flexibility index (Phi) is 4.96. The molecule has 6 nitrogen and oxygen atoms in total. The molecule has 0 aliphatic rings. The van der Waals surface area contributed by atoms with E-state index in [1.807, 2.05) is 12.1 Å². The molecule has 0 aliphatic carbocycles. The number of rotatable bonds is 6. The average Bonchev–Trinajstić information content (AvgIpc) is 3.10. The minimum atomic E-state index is -3.72. The Hall–Kier alpha value is -2.51. The lowest BCUT2D eigenvalue weighted by atomic mass is 10.2. The second-order valence-corrected chi connectivity index (χ2v) is 7.47. The molecule has 2 aromatic heterocycles. The summed E-state index contributed by atoms with van der Waals surface area (Å²) >= 11 is 5.93. The molecule has 3 rings (SSSR count). The molecule has 0 radical (unpaired) electrons. The van der Waals surface area contributed by atoms with Crippen LogP contribution in [0.1, 0.15) is 11.3 Å². The van der Waals surface area contributed by atoms with Gasteiger partial charge in [-0.2, -0.15) is 0 Å². The normalized spacial score (nSPS) is 11.3. The quantitative estimate of drug-likeness (QED) is 0.677. The first-order valence-corrected chi connectivity index (χ1v) is 9.31. The van der Waals surface area contributed by atoms with E-state index >= 15 is 0 Å². The third kappa shape index (κ3) is 4.32.